The molecule has 0 aliphatic heterocycles. The molecule has 0 saturated carbocycles. The van der Waals surface area contributed by atoms with Gasteiger partial charge in [-0.25, -0.2) is 0 Å². The number of hydrogen-bond acceptors (Lipinski definition) is 2. The lowest BCUT2D eigenvalue weighted by Crippen LogP contribution is -2.03. The number of aryl methyl sites for hydroxylation is 1. The first-order valence-corrected chi connectivity index (χ1v) is 4.34. The summed E-state index contributed by atoms with van der Waals surface area (Å²) in [5, 5.41) is 14.1. The van der Waals surface area contributed by atoms with Gasteiger partial charge in [0.05, 0.1) is 24.9 Å². The molecule has 0 bridgehead atoms. The van der Waals surface area contributed by atoms with E-state index in [1.807, 2.05) is 16.9 Å². The highest BCUT2D eigenvalue weighted by molar-refractivity contribution is 5.79. The first-order valence-electron chi connectivity index (χ1n) is 4.34. The molecular formula is C10H12N2O. The fourth-order valence-electron chi connectivity index (χ4n) is 1.45. The summed E-state index contributed by atoms with van der Waals surface area (Å²) in [6.45, 7) is 2.74. The molecule has 1 aromatic heterocycles. The number of benzene rings is 1. The fourth-order valence-corrected chi connectivity index (χ4v) is 1.45. The molecule has 1 N–H and O–H groups in total. The number of rotatable bonds is 2. The molecule has 68 valence electrons. The van der Waals surface area contributed by atoms with Crippen LogP contribution in [0.2, 0.25) is 0 Å². The summed E-state index contributed by atoms with van der Waals surface area (Å²) < 4.78 is 1.82. The molecule has 2 aromatic rings. The van der Waals surface area contributed by atoms with Crippen LogP contribution in [0.15, 0.2) is 24.4 Å². The average Bonchev–Trinajstić information content (AvgIpc) is 2.49. The van der Waals surface area contributed by atoms with Gasteiger partial charge in [-0.05, 0) is 18.6 Å². The van der Waals surface area contributed by atoms with E-state index in [1.165, 1.54) is 5.56 Å². The highest BCUT2D eigenvalue weighted by atomic mass is 16.3. The lowest BCUT2D eigenvalue weighted by Gasteiger charge is -2.00. The largest absolute Gasteiger partial charge is 0.394 e. The van der Waals surface area contributed by atoms with E-state index in [0.717, 1.165) is 10.9 Å². The molecule has 0 radical (unpaired) electrons. The van der Waals surface area contributed by atoms with Crippen LogP contribution in [0.4, 0.5) is 0 Å². The van der Waals surface area contributed by atoms with Crippen molar-refractivity contribution in [2.24, 2.45) is 0 Å². The van der Waals surface area contributed by atoms with E-state index < -0.39 is 0 Å². The normalized spacial score (nSPS) is 10.9. The minimum absolute atomic E-state index is 0.130. The zero-order valence-electron chi connectivity index (χ0n) is 7.57. The van der Waals surface area contributed by atoms with Gasteiger partial charge in [-0.1, -0.05) is 12.1 Å². The zero-order valence-corrected chi connectivity index (χ0v) is 7.57. The van der Waals surface area contributed by atoms with E-state index in [0.29, 0.717) is 6.54 Å². The Hall–Kier alpha value is -1.35. The van der Waals surface area contributed by atoms with E-state index in [1.54, 1.807) is 0 Å². The lowest BCUT2D eigenvalue weighted by atomic mass is 10.2. The van der Waals surface area contributed by atoms with Crippen LogP contribution in [0.25, 0.3) is 10.9 Å². The summed E-state index contributed by atoms with van der Waals surface area (Å²) in [4.78, 5) is 0. The number of aromatic nitrogens is 2. The van der Waals surface area contributed by atoms with Crippen molar-refractivity contribution >= 4 is 10.9 Å². The van der Waals surface area contributed by atoms with Crippen LogP contribution in [0.3, 0.4) is 0 Å². The SMILES string of the molecule is Cc1ccc2cnn(CCO)c2c1. The molecular weight excluding hydrogens is 164 g/mol. The van der Waals surface area contributed by atoms with E-state index in [-0.39, 0.29) is 6.61 Å². The van der Waals surface area contributed by atoms with E-state index in [9.17, 15) is 0 Å². The number of fused-ring (bicyclic) bond motifs is 1. The van der Waals surface area contributed by atoms with Crippen LogP contribution >= 0.6 is 0 Å². The summed E-state index contributed by atoms with van der Waals surface area (Å²) in [6.07, 6.45) is 1.82. The predicted molar refractivity (Wildman–Crippen MR) is 51.6 cm³/mol. The van der Waals surface area contributed by atoms with Gasteiger partial charge in [-0.15, -0.1) is 0 Å². The van der Waals surface area contributed by atoms with Gasteiger partial charge in [0.1, 0.15) is 0 Å². The van der Waals surface area contributed by atoms with Crippen molar-refractivity contribution in [3.05, 3.63) is 30.0 Å². The van der Waals surface area contributed by atoms with Crippen LogP contribution < -0.4 is 0 Å². The van der Waals surface area contributed by atoms with Crippen LogP contribution in [0.5, 0.6) is 0 Å². The monoisotopic (exact) mass is 176 g/mol. The Balaban J connectivity index is 2.58. The maximum absolute atomic E-state index is 8.81. The Morgan fingerprint density at radius 2 is 2.31 bits per heavy atom. The third-order valence-electron chi connectivity index (χ3n) is 2.11. The summed E-state index contributed by atoms with van der Waals surface area (Å²) in [6, 6.07) is 6.19. The molecule has 3 heteroatoms. The Labute approximate surface area is 76.6 Å². The number of nitrogens with zero attached hydrogens (tertiary/aromatic N) is 2. The molecule has 0 aliphatic rings. The first kappa shape index (κ1) is 8.26. The van der Waals surface area contributed by atoms with Crippen molar-refractivity contribution in [1.82, 2.24) is 9.78 Å². The molecule has 0 amide bonds. The van der Waals surface area contributed by atoms with Crippen molar-refractivity contribution < 1.29 is 5.11 Å². The third-order valence-corrected chi connectivity index (χ3v) is 2.11. The fraction of sp³-hybridized carbons (Fsp3) is 0.300. The molecule has 0 fully saturated rings. The van der Waals surface area contributed by atoms with Gasteiger partial charge in [-0.2, -0.15) is 5.10 Å². The molecule has 0 atom stereocenters. The zero-order chi connectivity index (χ0) is 9.26. The average molecular weight is 176 g/mol. The Kier molecular flexibility index (Phi) is 2.02. The molecule has 3 nitrogen and oxygen atoms in total. The van der Waals surface area contributed by atoms with Crippen molar-refractivity contribution in [1.29, 1.82) is 0 Å². The second-order valence-electron chi connectivity index (χ2n) is 3.15. The van der Waals surface area contributed by atoms with Crippen LogP contribution in [-0.2, 0) is 6.54 Å². The summed E-state index contributed by atoms with van der Waals surface area (Å²) in [5.41, 5.74) is 2.31. The standard InChI is InChI=1S/C10H12N2O/c1-8-2-3-9-7-11-12(4-5-13)10(9)6-8/h2-3,6-7,13H,4-5H2,1H3. The van der Waals surface area contributed by atoms with Gasteiger partial charge < -0.3 is 5.11 Å². The second kappa shape index (κ2) is 3.18. The summed E-state index contributed by atoms with van der Waals surface area (Å²) in [7, 11) is 0. The van der Waals surface area contributed by atoms with Crippen molar-refractivity contribution in [3.63, 3.8) is 0 Å². The smallest absolute Gasteiger partial charge is 0.0686 e. The van der Waals surface area contributed by atoms with Crippen LogP contribution in [0.1, 0.15) is 5.56 Å². The van der Waals surface area contributed by atoms with Gasteiger partial charge in [0.15, 0.2) is 0 Å². The van der Waals surface area contributed by atoms with Crippen molar-refractivity contribution in [2.75, 3.05) is 6.61 Å². The maximum Gasteiger partial charge on any atom is 0.0686 e. The van der Waals surface area contributed by atoms with Crippen molar-refractivity contribution in [2.45, 2.75) is 13.5 Å². The summed E-state index contributed by atoms with van der Waals surface area (Å²) >= 11 is 0. The molecule has 1 heterocycles. The van der Waals surface area contributed by atoms with Gasteiger partial charge in [0, 0.05) is 5.39 Å². The third kappa shape index (κ3) is 1.42. The van der Waals surface area contributed by atoms with Gasteiger partial charge in [0.2, 0.25) is 0 Å². The van der Waals surface area contributed by atoms with E-state index in [2.05, 4.69) is 24.2 Å². The predicted octanol–water partition coefficient (Wildman–Crippen LogP) is 1.34. The highest BCUT2D eigenvalue weighted by Gasteiger charge is 2.00. The molecule has 2 rings (SSSR count). The van der Waals surface area contributed by atoms with Crippen molar-refractivity contribution in [3.8, 4) is 0 Å². The maximum atomic E-state index is 8.81. The minimum Gasteiger partial charge on any atom is -0.394 e. The highest BCUT2D eigenvalue weighted by Crippen LogP contribution is 2.14. The van der Waals surface area contributed by atoms with Gasteiger partial charge in [-0.3, -0.25) is 4.68 Å². The molecule has 0 saturated heterocycles. The topological polar surface area (TPSA) is 38.0 Å². The molecule has 0 aliphatic carbocycles. The Morgan fingerprint density at radius 3 is 3.08 bits per heavy atom. The van der Waals surface area contributed by atoms with Crippen LogP contribution in [-0.4, -0.2) is 21.5 Å². The molecule has 0 spiro atoms. The van der Waals surface area contributed by atoms with Crippen LogP contribution in [0, 0.1) is 6.92 Å². The van der Waals surface area contributed by atoms with E-state index in [4.69, 9.17) is 5.11 Å². The molecule has 1 aromatic carbocycles. The number of aliphatic hydroxyl groups excluding tert-OH is 1. The quantitative estimate of drug-likeness (QED) is 0.749. The number of aliphatic hydroxyl groups is 1. The van der Waals surface area contributed by atoms with E-state index >= 15 is 0 Å². The molecule has 0 unspecified atom stereocenters. The van der Waals surface area contributed by atoms with Gasteiger partial charge in [0.25, 0.3) is 0 Å². The Morgan fingerprint density at radius 1 is 1.46 bits per heavy atom. The summed E-state index contributed by atoms with van der Waals surface area (Å²) in [5.74, 6) is 0. The van der Waals surface area contributed by atoms with Gasteiger partial charge >= 0.3 is 0 Å². The molecule has 13 heavy (non-hydrogen) atoms. The Bertz CT molecular complexity index is 420. The first-order chi connectivity index (χ1) is 6.31. The lowest BCUT2D eigenvalue weighted by molar-refractivity contribution is 0.271. The second-order valence-corrected chi connectivity index (χ2v) is 3.15. The minimum atomic E-state index is 0.130. The number of hydrogen-bond donors (Lipinski definition) is 1.